The maximum absolute atomic E-state index is 5.83. The smallest absolute Gasteiger partial charge is 0.0702 e. The second kappa shape index (κ2) is 3.54. The van der Waals surface area contributed by atoms with Crippen molar-refractivity contribution in [2.75, 3.05) is 6.54 Å². The van der Waals surface area contributed by atoms with Gasteiger partial charge >= 0.3 is 0 Å². The number of nitrogens with two attached hydrogens (primary N) is 1. The first-order chi connectivity index (χ1) is 8.14. The lowest BCUT2D eigenvalue weighted by molar-refractivity contribution is 0.558. The van der Waals surface area contributed by atoms with E-state index < -0.39 is 0 Å². The number of rotatable bonds is 2. The van der Waals surface area contributed by atoms with Crippen molar-refractivity contribution in [3.8, 4) is 0 Å². The van der Waals surface area contributed by atoms with Gasteiger partial charge in [-0.05, 0) is 41.5 Å². The molecule has 1 aromatic carbocycles. The van der Waals surface area contributed by atoms with E-state index in [1.165, 1.54) is 10.9 Å². The van der Waals surface area contributed by atoms with E-state index in [9.17, 15) is 0 Å². The monoisotopic (exact) mass is 226 g/mol. The standard InChI is InChI=1S/C15H18N2/c1-15(2)12(8-16)14(15)11-7-10-5-3-4-6-13(10)17-9-11/h3-7,9,12,14H,8,16H2,1-2H3/t12-,14-/m1/s1. The van der Waals surface area contributed by atoms with E-state index >= 15 is 0 Å². The number of fused-ring (bicyclic) bond motifs is 1. The summed E-state index contributed by atoms with van der Waals surface area (Å²) < 4.78 is 0. The average Bonchev–Trinajstić information content (AvgIpc) is 2.90. The molecule has 88 valence electrons. The van der Waals surface area contributed by atoms with Crippen LogP contribution >= 0.6 is 0 Å². The predicted octanol–water partition coefficient (Wildman–Crippen LogP) is 2.93. The van der Waals surface area contributed by atoms with Crippen LogP contribution in [0.25, 0.3) is 10.9 Å². The van der Waals surface area contributed by atoms with Gasteiger partial charge < -0.3 is 5.73 Å². The summed E-state index contributed by atoms with van der Waals surface area (Å²) in [5, 5.41) is 1.23. The molecule has 1 aliphatic carbocycles. The lowest BCUT2D eigenvalue weighted by atomic mass is 10.0. The minimum absolute atomic E-state index is 0.332. The summed E-state index contributed by atoms with van der Waals surface area (Å²) in [6, 6.07) is 10.5. The third kappa shape index (κ3) is 1.55. The first-order valence-electron chi connectivity index (χ1n) is 6.19. The van der Waals surface area contributed by atoms with E-state index in [0.717, 1.165) is 12.1 Å². The normalized spacial score (nSPS) is 26.1. The van der Waals surface area contributed by atoms with Crippen LogP contribution in [0.4, 0.5) is 0 Å². The Morgan fingerprint density at radius 1 is 1.29 bits per heavy atom. The first-order valence-corrected chi connectivity index (χ1v) is 6.19. The number of hydrogen-bond donors (Lipinski definition) is 1. The molecule has 2 N–H and O–H groups in total. The summed E-state index contributed by atoms with van der Waals surface area (Å²) in [7, 11) is 0. The van der Waals surface area contributed by atoms with Crippen molar-refractivity contribution in [3.05, 3.63) is 42.1 Å². The van der Waals surface area contributed by atoms with Crippen LogP contribution < -0.4 is 5.73 Å². The molecule has 1 aromatic heterocycles. The van der Waals surface area contributed by atoms with Crippen molar-refractivity contribution < 1.29 is 0 Å². The number of aromatic nitrogens is 1. The quantitative estimate of drug-likeness (QED) is 0.855. The molecular formula is C15H18N2. The Labute approximate surface area is 102 Å². The summed E-state index contributed by atoms with van der Waals surface area (Å²) in [5.41, 5.74) is 8.57. The van der Waals surface area contributed by atoms with E-state index in [-0.39, 0.29) is 0 Å². The fourth-order valence-electron chi connectivity index (χ4n) is 3.10. The molecule has 0 spiro atoms. The maximum atomic E-state index is 5.83. The molecular weight excluding hydrogens is 208 g/mol. The van der Waals surface area contributed by atoms with Crippen molar-refractivity contribution in [1.29, 1.82) is 0 Å². The van der Waals surface area contributed by atoms with E-state index in [2.05, 4.69) is 43.1 Å². The van der Waals surface area contributed by atoms with Crippen LogP contribution in [0.2, 0.25) is 0 Å². The van der Waals surface area contributed by atoms with Gasteiger partial charge in [-0.25, -0.2) is 0 Å². The Morgan fingerprint density at radius 3 is 2.76 bits per heavy atom. The number of para-hydroxylation sites is 1. The van der Waals surface area contributed by atoms with Gasteiger partial charge in [-0.15, -0.1) is 0 Å². The lowest BCUT2D eigenvalue weighted by Gasteiger charge is -2.04. The van der Waals surface area contributed by atoms with Gasteiger partial charge in [0.2, 0.25) is 0 Å². The van der Waals surface area contributed by atoms with Gasteiger partial charge in [-0.3, -0.25) is 4.98 Å². The Kier molecular flexibility index (Phi) is 2.23. The van der Waals surface area contributed by atoms with Crippen molar-refractivity contribution in [2.45, 2.75) is 19.8 Å². The van der Waals surface area contributed by atoms with Crippen molar-refractivity contribution in [3.63, 3.8) is 0 Å². The minimum atomic E-state index is 0.332. The first kappa shape index (κ1) is 10.7. The molecule has 0 radical (unpaired) electrons. The zero-order valence-corrected chi connectivity index (χ0v) is 10.4. The van der Waals surface area contributed by atoms with E-state index in [0.29, 0.717) is 17.3 Å². The molecule has 2 nitrogen and oxygen atoms in total. The highest BCUT2D eigenvalue weighted by Crippen LogP contribution is 2.63. The third-order valence-electron chi connectivity index (χ3n) is 4.28. The number of nitrogens with zero attached hydrogens (tertiary/aromatic N) is 1. The van der Waals surface area contributed by atoms with Crippen LogP contribution in [0.1, 0.15) is 25.3 Å². The molecule has 2 atom stereocenters. The predicted molar refractivity (Wildman–Crippen MR) is 70.8 cm³/mol. The molecule has 3 rings (SSSR count). The van der Waals surface area contributed by atoms with Gasteiger partial charge in [-0.1, -0.05) is 32.0 Å². The molecule has 2 aromatic rings. The van der Waals surface area contributed by atoms with Gasteiger partial charge in [0.05, 0.1) is 5.52 Å². The van der Waals surface area contributed by atoms with E-state index in [4.69, 9.17) is 5.73 Å². The zero-order valence-electron chi connectivity index (χ0n) is 10.4. The lowest BCUT2D eigenvalue weighted by Crippen LogP contribution is -2.05. The van der Waals surface area contributed by atoms with Crippen LogP contribution in [0.15, 0.2) is 36.5 Å². The second-order valence-electron chi connectivity index (χ2n) is 5.60. The van der Waals surface area contributed by atoms with Gasteiger partial charge in [0.15, 0.2) is 0 Å². The summed E-state index contributed by atoms with van der Waals surface area (Å²) in [6.07, 6.45) is 2.02. The largest absolute Gasteiger partial charge is 0.330 e. The van der Waals surface area contributed by atoms with Crippen molar-refractivity contribution >= 4 is 10.9 Å². The fourth-order valence-corrected chi connectivity index (χ4v) is 3.10. The topological polar surface area (TPSA) is 38.9 Å². The third-order valence-corrected chi connectivity index (χ3v) is 4.28. The van der Waals surface area contributed by atoms with Crippen LogP contribution in [-0.4, -0.2) is 11.5 Å². The Balaban J connectivity index is 2.03. The van der Waals surface area contributed by atoms with Gasteiger partial charge in [0.1, 0.15) is 0 Å². The molecule has 1 heterocycles. The molecule has 1 aliphatic rings. The van der Waals surface area contributed by atoms with Gasteiger partial charge in [-0.2, -0.15) is 0 Å². The molecule has 17 heavy (non-hydrogen) atoms. The molecule has 2 heteroatoms. The Hall–Kier alpha value is -1.41. The summed E-state index contributed by atoms with van der Waals surface area (Å²) >= 11 is 0. The fraction of sp³-hybridized carbons (Fsp3) is 0.400. The highest BCUT2D eigenvalue weighted by Gasteiger charge is 2.57. The SMILES string of the molecule is CC1(C)[C@H](CN)[C@H]1c1cnc2ccccc2c1. The Morgan fingerprint density at radius 2 is 2.06 bits per heavy atom. The van der Waals surface area contributed by atoms with Crippen molar-refractivity contribution in [1.82, 2.24) is 4.98 Å². The summed E-state index contributed by atoms with van der Waals surface area (Å²) in [4.78, 5) is 4.54. The summed E-state index contributed by atoms with van der Waals surface area (Å²) in [5.74, 6) is 1.18. The Bertz CT molecular complexity index is 560. The number of benzene rings is 1. The molecule has 0 amide bonds. The van der Waals surface area contributed by atoms with Crippen LogP contribution in [0.5, 0.6) is 0 Å². The molecule has 0 aliphatic heterocycles. The molecule has 0 saturated heterocycles. The molecule has 1 saturated carbocycles. The van der Waals surface area contributed by atoms with Gasteiger partial charge in [0.25, 0.3) is 0 Å². The second-order valence-corrected chi connectivity index (χ2v) is 5.60. The van der Waals surface area contributed by atoms with Crippen LogP contribution in [-0.2, 0) is 0 Å². The van der Waals surface area contributed by atoms with Crippen LogP contribution in [0.3, 0.4) is 0 Å². The number of pyridine rings is 1. The average molecular weight is 226 g/mol. The highest BCUT2D eigenvalue weighted by atomic mass is 14.7. The zero-order chi connectivity index (χ0) is 12.0. The van der Waals surface area contributed by atoms with E-state index in [1.807, 2.05) is 12.3 Å². The molecule has 0 unspecified atom stereocenters. The van der Waals surface area contributed by atoms with Crippen molar-refractivity contribution in [2.24, 2.45) is 17.1 Å². The molecule has 1 fully saturated rings. The minimum Gasteiger partial charge on any atom is -0.330 e. The van der Waals surface area contributed by atoms with Crippen LogP contribution in [0, 0.1) is 11.3 Å². The van der Waals surface area contributed by atoms with E-state index in [1.54, 1.807) is 0 Å². The number of hydrogen-bond acceptors (Lipinski definition) is 2. The summed E-state index contributed by atoms with van der Waals surface area (Å²) in [6.45, 7) is 5.36. The molecule has 0 bridgehead atoms. The van der Waals surface area contributed by atoms with Gasteiger partial charge in [0, 0.05) is 11.6 Å². The maximum Gasteiger partial charge on any atom is 0.0702 e. The highest BCUT2D eigenvalue weighted by molar-refractivity contribution is 5.79.